The minimum absolute atomic E-state index is 0.0629. The Morgan fingerprint density at radius 3 is 2.71 bits per heavy atom. The highest BCUT2D eigenvalue weighted by molar-refractivity contribution is 8.00. The number of nitrogens with zero attached hydrogens (tertiary/aromatic N) is 1. The lowest BCUT2D eigenvalue weighted by Crippen LogP contribution is -2.61. The maximum Gasteiger partial charge on any atom is 0.352 e. The van der Waals surface area contributed by atoms with Crippen LogP contribution in [0, 0.1) is 5.92 Å². The summed E-state index contributed by atoms with van der Waals surface area (Å²) < 4.78 is 5.40. The summed E-state index contributed by atoms with van der Waals surface area (Å²) in [6.45, 7) is 1.62. The number of Topliss-reactive ketones (excluding diaryl/α,β-unsaturated/α-hetero) is 1. The van der Waals surface area contributed by atoms with Gasteiger partial charge in [-0.05, 0) is 24.6 Å². The van der Waals surface area contributed by atoms with Crippen LogP contribution < -0.4 is 4.74 Å². The first kappa shape index (κ1) is 16.6. The van der Waals surface area contributed by atoms with E-state index in [2.05, 4.69) is 0 Å². The summed E-state index contributed by atoms with van der Waals surface area (Å²) in [5.41, 5.74) is 0.738. The topological polar surface area (TPSA) is 83.9 Å². The first-order valence-corrected chi connectivity index (χ1v) is 8.61. The second-order valence-electron chi connectivity index (χ2n) is 5.79. The van der Waals surface area contributed by atoms with E-state index in [1.165, 1.54) is 16.7 Å². The van der Waals surface area contributed by atoms with Crippen molar-refractivity contribution in [3.8, 4) is 5.75 Å². The van der Waals surface area contributed by atoms with Crippen LogP contribution >= 0.6 is 11.8 Å². The Bertz CT molecular complexity index is 715. The van der Waals surface area contributed by atoms with Gasteiger partial charge in [0.25, 0.3) is 0 Å². The van der Waals surface area contributed by atoms with Gasteiger partial charge in [-0.1, -0.05) is 18.2 Å². The standard InChI is InChI=1S/C17H17NO5S/c1-10-9-24-16-13(15(20)18(16)14(10)17(21)22)7-11(19)8-23-12-5-3-2-4-6-12/h2-6,13,16H,7-9H2,1H3,(H,21,22). The molecule has 0 radical (unpaired) electrons. The molecule has 1 N–H and O–H groups in total. The number of aliphatic carboxylic acids is 1. The van der Waals surface area contributed by atoms with Crippen LogP contribution in [-0.2, 0) is 14.4 Å². The summed E-state index contributed by atoms with van der Waals surface area (Å²) >= 11 is 1.50. The van der Waals surface area contributed by atoms with E-state index in [0.717, 1.165) is 0 Å². The van der Waals surface area contributed by atoms with Crippen LogP contribution in [0.15, 0.2) is 41.6 Å². The van der Waals surface area contributed by atoms with Crippen LogP contribution in [0.2, 0.25) is 0 Å². The number of β-lactam (4-membered cyclic amide) rings is 1. The first-order valence-electron chi connectivity index (χ1n) is 7.56. The van der Waals surface area contributed by atoms with Crippen molar-refractivity contribution in [3.05, 3.63) is 41.6 Å². The number of ether oxygens (including phenoxy) is 1. The van der Waals surface area contributed by atoms with E-state index in [9.17, 15) is 19.5 Å². The highest BCUT2D eigenvalue weighted by atomic mass is 32.2. The van der Waals surface area contributed by atoms with Gasteiger partial charge in [-0.25, -0.2) is 4.79 Å². The van der Waals surface area contributed by atoms with E-state index in [1.807, 2.05) is 18.2 Å². The quantitative estimate of drug-likeness (QED) is 0.792. The zero-order chi connectivity index (χ0) is 17.3. The fourth-order valence-electron chi connectivity index (χ4n) is 2.89. The van der Waals surface area contributed by atoms with Crippen molar-refractivity contribution in [2.75, 3.05) is 12.4 Å². The molecule has 0 saturated carbocycles. The SMILES string of the molecule is CC1=C(C(=O)O)N2C(=O)C(CC(=O)COc3ccccc3)C2SC1. The molecule has 0 aromatic heterocycles. The fraction of sp³-hybridized carbons (Fsp3) is 0.353. The number of rotatable bonds is 6. The fourth-order valence-corrected chi connectivity index (χ4v) is 4.26. The molecule has 1 aromatic rings. The van der Waals surface area contributed by atoms with Crippen molar-refractivity contribution in [2.45, 2.75) is 18.7 Å². The van der Waals surface area contributed by atoms with Crippen LogP contribution in [0.1, 0.15) is 13.3 Å². The minimum atomic E-state index is -1.09. The number of para-hydroxylation sites is 1. The highest BCUT2D eigenvalue weighted by Gasteiger charge is 2.53. The molecule has 0 spiro atoms. The third-order valence-electron chi connectivity index (χ3n) is 4.06. The Hall–Kier alpha value is -2.28. The summed E-state index contributed by atoms with van der Waals surface area (Å²) in [4.78, 5) is 37.0. The molecule has 2 atom stereocenters. The molecule has 126 valence electrons. The molecule has 2 heterocycles. The van der Waals surface area contributed by atoms with Crippen LogP contribution in [0.5, 0.6) is 5.75 Å². The van der Waals surface area contributed by atoms with Crippen LogP contribution in [0.4, 0.5) is 0 Å². The summed E-state index contributed by atoms with van der Waals surface area (Å²) in [6, 6.07) is 8.99. The number of fused-ring (bicyclic) bond motifs is 1. The summed E-state index contributed by atoms with van der Waals surface area (Å²) in [6.07, 6.45) is 0.0752. The lowest BCUT2D eigenvalue weighted by Gasteiger charge is -2.49. The predicted octanol–water partition coefficient (Wildman–Crippen LogP) is 1.91. The van der Waals surface area contributed by atoms with Crippen LogP contribution in [-0.4, -0.2) is 45.4 Å². The molecule has 3 rings (SSSR count). The van der Waals surface area contributed by atoms with Crippen molar-refractivity contribution in [1.82, 2.24) is 4.90 Å². The molecule has 2 aliphatic rings. The average molecular weight is 347 g/mol. The Balaban J connectivity index is 1.59. The third-order valence-corrected chi connectivity index (χ3v) is 5.54. The number of carbonyl (C=O) groups is 3. The normalized spacial score (nSPS) is 22.7. The van der Waals surface area contributed by atoms with Gasteiger partial charge in [0.15, 0.2) is 5.78 Å². The van der Waals surface area contributed by atoms with E-state index in [0.29, 0.717) is 17.1 Å². The Labute approximate surface area is 143 Å². The molecule has 7 heteroatoms. The molecular formula is C17H17NO5S. The molecule has 0 bridgehead atoms. The molecule has 24 heavy (non-hydrogen) atoms. The van der Waals surface area contributed by atoms with E-state index in [-0.39, 0.29) is 35.8 Å². The van der Waals surface area contributed by atoms with Crippen molar-refractivity contribution in [1.29, 1.82) is 0 Å². The highest BCUT2D eigenvalue weighted by Crippen LogP contribution is 2.44. The smallest absolute Gasteiger partial charge is 0.352 e. The van der Waals surface area contributed by atoms with Gasteiger partial charge in [0, 0.05) is 12.2 Å². The largest absolute Gasteiger partial charge is 0.486 e. The lowest BCUT2D eigenvalue weighted by atomic mass is 9.91. The summed E-state index contributed by atoms with van der Waals surface area (Å²) in [7, 11) is 0. The molecule has 1 fully saturated rings. The average Bonchev–Trinajstić information content (AvgIpc) is 2.58. The third kappa shape index (κ3) is 3.03. The monoisotopic (exact) mass is 347 g/mol. The van der Waals surface area contributed by atoms with Crippen LogP contribution in [0.3, 0.4) is 0 Å². The van der Waals surface area contributed by atoms with Gasteiger partial charge in [-0.3, -0.25) is 14.5 Å². The maximum absolute atomic E-state index is 12.3. The zero-order valence-electron chi connectivity index (χ0n) is 13.1. The second kappa shape index (κ2) is 6.68. The first-order chi connectivity index (χ1) is 11.5. The maximum atomic E-state index is 12.3. The van der Waals surface area contributed by atoms with Crippen molar-refractivity contribution in [3.63, 3.8) is 0 Å². The molecule has 1 aromatic carbocycles. The van der Waals surface area contributed by atoms with Crippen molar-refractivity contribution >= 4 is 29.4 Å². The van der Waals surface area contributed by atoms with Gasteiger partial charge in [-0.15, -0.1) is 11.8 Å². The number of hydrogen-bond donors (Lipinski definition) is 1. The van der Waals surface area contributed by atoms with Crippen molar-refractivity contribution in [2.24, 2.45) is 5.92 Å². The molecule has 2 aliphatic heterocycles. The van der Waals surface area contributed by atoms with E-state index in [1.54, 1.807) is 19.1 Å². The van der Waals surface area contributed by atoms with E-state index < -0.39 is 11.9 Å². The number of carboxylic acid groups (broad SMARTS) is 1. The predicted molar refractivity (Wildman–Crippen MR) is 88.5 cm³/mol. The van der Waals surface area contributed by atoms with Gasteiger partial charge in [0.2, 0.25) is 5.91 Å². The molecule has 1 amide bonds. The summed E-state index contributed by atoms with van der Waals surface area (Å²) in [5.74, 6) is -0.863. The van der Waals surface area contributed by atoms with E-state index in [4.69, 9.17) is 4.74 Å². The number of ketones is 1. The second-order valence-corrected chi connectivity index (χ2v) is 6.90. The van der Waals surface area contributed by atoms with Gasteiger partial charge < -0.3 is 9.84 Å². The number of benzene rings is 1. The molecular weight excluding hydrogens is 330 g/mol. The number of carboxylic acids is 1. The molecule has 0 aliphatic carbocycles. The van der Waals surface area contributed by atoms with Crippen LogP contribution in [0.25, 0.3) is 0 Å². The molecule has 2 unspecified atom stereocenters. The number of thioether (sulfide) groups is 1. The number of amides is 1. The summed E-state index contributed by atoms with van der Waals surface area (Å²) in [5, 5.41) is 9.01. The van der Waals surface area contributed by atoms with Gasteiger partial charge in [0.05, 0.1) is 11.3 Å². The minimum Gasteiger partial charge on any atom is -0.486 e. The molecule has 1 saturated heterocycles. The number of hydrogen-bond acceptors (Lipinski definition) is 5. The Morgan fingerprint density at radius 1 is 1.33 bits per heavy atom. The van der Waals surface area contributed by atoms with Gasteiger partial charge in [0.1, 0.15) is 18.1 Å². The molecule has 6 nitrogen and oxygen atoms in total. The Kier molecular flexibility index (Phi) is 4.62. The van der Waals surface area contributed by atoms with E-state index >= 15 is 0 Å². The van der Waals surface area contributed by atoms with Gasteiger partial charge in [-0.2, -0.15) is 0 Å². The van der Waals surface area contributed by atoms with Gasteiger partial charge >= 0.3 is 5.97 Å². The zero-order valence-corrected chi connectivity index (χ0v) is 13.9. The van der Waals surface area contributed by atoms with Crippen molar-refractivity contribution < 1.29 is 24.2 Å². The lowest BCUT2D eigenvalue weighted by molar-refractivity contribution is -0.154. The number of carbonyl (C=O) groups excluding carboxylic acids is 2. The Morgan fingerprint density at radius 2 is 2.04 bits per heavy atom.